The Balaban J connectivity index is 1.97. The molecular weight excluding hydrogens is 472 g/mol. The molecule has 0 aliphatic heterocycles. The summed E-state index contributed by atoms with van der Waals surface area (Å²) in [6, 6.07) is 14.0. The van der Waals surface area contributed by atoms with Gasteiger partial charge in [-0.3, -0.25) is 4.79 Å². The second-order valence-electron chi connectivity index (χ2n) is 7.53. The summed E-state index contributed by atoms with van der Waals surface area (Å²) in [6.07, 6.45) is 0.588. The fraction of sp³-hybridized carbons (Fsp3) is 0.480. The summed E-state index contributed by atoms with van der Waals surface area (Å²) in [5.74, 6) is 0.0779. The first-order valence-electron chi connectivity index (χ1n) is 11.5. The van der Waals surface area contributed by atoms with Crippen molar-refractivity contribution in [1.29, 1.82) is 0 Å². The topological polar surface area (TPSA) is 102 Å². The highest BCUT2D eigenvalue weighted by Gasteiger charge is 2.41. The Morgan fingerprint density at radius 2 is 1.34 bits per heavy atom. The number of aromatic hydroxyl groups is 1. The number of phenolic OH excluding ortho intramolecular Hbond substituents is 1. The Kier molecular flexibility index (Phi) is 13.5. The minimum absolute atomic E-state index is 0.131. The highest BCUT2D eigenvalue weighted by Crippen LogP contribution is 2.26. The number of carbonyl (C=O) groups is 1. The highest BCUT2D eigenvalue weighted by molar-refractivity contribution is 6.60. The number of ketones is 1. The molecule has 0 radical (unpaired) electrons. The third kappa shape index (κ3) is 10.1. The van der Waals surface area contributed by atoms with Gasteiger partial charge in [0.15, 0.2) is 5.78 Å². The molecule has 2 rings (SSSR count). The van der Waals surface area contributed by atoms with E-state index in [0.717, 1.165) is 0 Å². The fourth-order valence-electron chi connectivity index (χ4n) is 3.20. The minimum atomic E-state index is -3.03. The number of phenols is 1. The second kappa shape index (κ2) is 16.4. The van der Waals surface area contributed by atoms with Crippen molar-refractivity contribution in [3.63, 3.8) is 0 Å². The maximum atomic E-state index is 12.6. The van der Waals surface area contributed by atoms with Crippen LogP contribution in [0.4, 0.5) is 0 Å². The lowest BCUT2D eigenvalue weighted by atomic mass is 10.0. The van der Waals surface area contributed by atoms with Crippen molar-refractivity contribution in [1.82, 2.24) is 0 Å². The predicted molar refractivity (Wildman–Crippen MR) is 132 cm³/mol. The Morgan fingerprint density at radius 3 is 1.86 bits per heavy atom. The molecule has 0 heterocycles. The van der Waals surface area contributed by atoms with E-state index in [2.05, 4.69) is 0 Å². The third-order valence-electron chi connectivity index (χ3n) is 4.97. The number of benzene rings is 2. The Morgan fingerprint density at radius 1 is 0.771 bits per heavy atom. The molecule has 0 aromatic heterocycles. The lowest BCUT2D eigenvalue weighted by Crippen LogP contribution is -2.48. The van der Waals surface area contributed by atoms with Gasteiger partial charge in [-0.2, -0.15) is 0 Å². The lowest BCUT2D eigenvalue weighted by Gasteiger charge is -2.29. The van der Waals surface area contributed by atoms with Crippen LogP contribution < -0.4 is 4.74 Å². The van der Waals surface area contributed by atoms with Crippen LogP contribution >= 0.6 is 0 Å². The van der Waals surface area contributed by atoms with E-state index in [1.54, 1.807) is 57.7 Å². The van der Waals surface area contributed by atoms with Gasteiger partial charge in [-0.25, -0.2) is 0 Å². The van der Waals surface area contributed by atoms with Crippen LogP contribution in [0.2, 0.25) is 6.04 Å². The SMILES string of the molecule is COCCO[Si](CCCOc1ccc(C(=O)c2ccccc2)c(O)c1)(OCCOC)OCCOC. The molecule has 0 saturated carbocycles. The first-order chi connectivity index (χ1) is 17.0. The van der Waals surface area contributed by atoms with Gasteiger partial charge in [0.2, 0.25) is 0 Å². The maximum Gasteiger partial charge on any atom is 0.501 e. The largest absolute Gasteiger partial charge is 0.507 e. The molecule has 194 valence electrons. The molecule has 35 heavy (non-hydrogen) atoms. The smallest absolute Gasteiger partial charge is 0.501 e. The third-order valence-corrected chi connectivity index (χ3v) is 7.87. The Hall–Kier alpha value is -2.31. The van der Waals surface area contributed by atoms with E-state index in [0.29, 0.717) is 70.0 Å². The Bertz CT molecular complexity index is 837. The zero-order chi connectivity index (χ0) is 25.4. The van der Waals surface area contributed by atoms with Crippen LogP contribution in [0, 0.1) is 0 Å². The summed E-state index contributed by atoms with van der Waals surface area (Å²) in [7, 11) is 1.78. The highest BCUT2D eigenvalue weighted by atomic mass is 28.4. The Labute approximate surface area is 208 Å². The first-order valence-corrected chi connectivity index (χ1v) is 13.4. The minimum Gasteiger partial charge on any atom is -0.507 e. The molecule has 0 atom stereocenters. The van der Waals surface area contributed by atoms with Crippen molar-refractivity contribution in [3.8, 4) is 11.5 Å². The molecule has 0 aliphatic rings. The van der Waals surface area contributed by atoms with Crippen LogP contribution in [-0.4, -0.2) is 87.3 Å². The van der Waals surface area contributed by atoms with E-state index in [9.17, 15) is 9.90 Å². The second-order valence-corrected chi connectivity index (χ2v) is 10.3. The summed E-state index contributed by atoms with van der Waals surface area (Å²) in [6.45, 7) is 2.62. The van der Waals surface area contributed by atoms with Crippen molar-refractivity contribution < 1.29 is 42.1 Å². The van der Waals surface area contributed by atoms with Gasteiger partial charge in [-0.1, -0.05) is 30.3 Å². The summed E-state index contributed by atoms with van der Waals surface area (Å²) in [5, 5.41) is 10.4. The molecule has 10 heteroatoms. The molecule has 0 spiro atoms. The normalized spacial score (nSPS) is 11.5. The van der Waals surface area contributed by atoms with Crippen LogP contribution in [0.1, 0.15) is 22.3 Å². The molecule has 0 unspecified atom stereocenters. The van der Waals surface area contributed by atoms with Crippen molar-refractivity contribution in [2.24, 2.45) is 0 Å². The molecule has 0 bridgehead atoms. The van der Waals surface area contributed by atoms with Gasteiger partial charge in [-0.15, -0.1) is 0 Å². The van der Waals surface area contributed by atoms with Crippen molar-refractivity contribution >= 4 is 14.6 Å². The van der Waals surface area contributed by atoms with Gasteiger partial charge in [0.05, 0.1) is 51.8 Å². The van der Waals surface area contributed by atoms with E-state index in [1.165, 1.54) is 6.07 Å². The monoisotopic (exact) mass is 508 g/mol. The molecule has 0 fully saturated rings. The molecule has 0 amide bonds. The summed E-state index contributed by atoms with van der Waals surface area (Å²) in [5.41, 5.74) is 0.729. The van der Waals surface area contributed by atoms with Gasteiger partial charge in [0, 0.05) is 39.0 Å². The van der Waals surface area contributed by atoms with Crippen LogP contribution in [0.5, 0.6) is 11.5 Å². The van der Waals surface area contributed by atoms with Crippen LogP contribution in [0.15, 0.2) is 48.5 Å². The van der Waals surface area contributed by atoms with Gasteiger partial charge >= 0.3 is 8.80 Å². The average molecular weight is 509 g/mol. The fourth-order valence-corrected chi connectivity index (χ4v) is 5.64. The molecule has 2 aromatic rings. The molecular formula is C25H36O9Si. The maximum absolute atomic E-state index is 12.6. The summed E-state index contributed by atoms with van der Waals surface area (Å²) >= 11 is 0. The summed E-state index contributed by atoms with van der Waals surface area (Å²) in [4.78, 5) is 12.6. The van der Waals surface area contributed by atoms with E-state index in [4.69, 9.17) is 32.2 Å². The predicted octanol–water partition coefficient (Wildman–Crippen LogP) is 3.32. The van der Waals surface area contributed by atoms with Gasteiger partial charge < -0.3 is 37.3 Å². The van der Waals surface area contributed by atoms with Crippen LogP contribution in [-0.2, 0) is 27.5 Å². The number of hydrogen-bond donors (Lipinski definition) is 1. The van der Waals surface area contributed by atoms with Crippen LogP contribution in [0.3, 0.4) is 0 Å². The molecule has 0 saturated heterocycles. The molecule has 2 aromatic carbocycles. The van der Waals surface area contributed by atoms with E-state index in [1.807, 2.05) is 6.07 Å². The van der Waals surface area contributed by atoms with Crippen molar-refractivity contribution in [3.05, 3.63) is 59.7 Å². The van der Waals surface area contributed by atoms with E-state index < -0.39 is 8.80 Å². The zero-order valence-electron chi connectivity index (χ0n) is 20.7. The first kappa shape index (κ1) is 28.9. The quantitative estimate of drug-likeness (QED) is 0.174. The van der Waals surface area contributed by atoms with E-state index >= 15 is 0 Å². The summed E-state index contributed by atoms with van der Waals surface area (Å²) < 4.78 is 39.2. The number of rotatable bonds is 19. The lowest BCUT2D eigenvalue weighted by molar-refractivity contribution is 0.0138. The zero-order valence-corrected chi connectivity index (χ0v) is 21.7. The van der Waals surface area contributed by atoms with Crippen molar-refractivity contribution in [2.45, 2.75) is 12.5 Å². The van der Waals surface area contributed by atoms with Crippen LogP contribution in [0.25, 0.3) is 0 Å². The molecule has 0 aliphatic carbocycles. The average Bonchev–Trinajstić information content (AvgIpc) is 2.87. The van der Waals surface area contributed by atoms with Crippen molar-refractivity contribution in [2.75, 3.05) is 67.6 Å². The van der Waals surface area contributed by atoms with Gasteiger partial charge in [0.25, 0.3) is 0 Å². The number of carbonyl (C=O) groups excluding carboxylic acids is 1. The standard InChI is InChI=1S/C25H36O9Si/c1-28-13-16-32-35(33-17-14-29-2,34-18-15-30-3)19-7-12-31-22-10-11-23(24(26)20-22)25(27)21-8-5-4-6-9-21/h4-6,8-11,20,26H,7,12-19H2,1-3H3. The van der Waals surface area contributed by atoms with Gasteiger partial charge in [0.1, 0.15) is 11.5 Å². The van der Waals surface area contributed by atoms with E-state index in [-0.39, 0.29) is 17.1 Å². The number of hydrogen-bond acceptors (Lipinski definition) is 9. The molecule has 9 nitrogen and oxygen atoms in total. The number of methoxy groups -OCH3 is 3. The van der Waals surface area contributed by atoms with Gasteiger partial charge in [-0.05, 0) is 18.6 Å². The number of ether oxygens (including phenoxy) is 4. The molecule has 1 N–H and O–H groups in total.